The van der Waals surface area contributed by atoms with E-state index >= 15 is 0 Å². The largest absolute Gasteiger partial charge is 0.388 e. The molecule has 1 nitrogen and oxygen atoms in total. The van der Waals surface area contributed by atoms with Crippen molar-refractivity contribution in [3.8, 4) is 0 Å². The molecule has 0 aromatic carbocycles. The van der Waals surface area contributed by atoms with E-state index in [0.29, 0.717) is 16.7 Å². The molecule has 2 rings (SSSR count). The van der Waals surface area contributed by atoms with Crippen molar-refractivity contribution in [1.29, 1.82) is 0 Å². The maximum Gasteiger partial charge on any atom is 0.0788 e. The summed E-state index contributed by atoms with van der Waals surface area (Å²) in [7, 11) is 0. The SMILES string of the molecule is CC1(C)C(C(O)C2=CCCC2)C1(C)C. The Balaban J connectivity index is 2.11. The summed E-state index contributed by atoms with van der Waals surface area (Å²) >= 11 is 0. The molecule has 0 aromatic heterocycles. The van der Waals surface area contributed by atoms with Gasteiger partial charge in [0.05, 0.1) is 6.10 Å². The summed E-state index contributed by atoms with van der Waals surface area (Å²) in [5.74, 6) is 0.458. The molecule has 1 unspecified atom stereocenters. The summed E-state index contributed by atoms with van der Waals surface area (Å²) in [6.45, 7) is 9.10. The van der Waals surface area contributed by atoms with Crippen LogP contribution in [0.25, 0.3) is 0 Å². The van der Waals surface area contributed by atoms with Gasteiger partial charge in [0.1, 0.15) is 0 Å². The summed E-state index contributed by atoms with van der Waals surface area (Å²) in [5.41, 5.74) is 1.90. The Hall–Kier alpha value is -0.300. The Kier molecular flexibility index (Phi) is 2.08. The van der Waals surface area contributed by atoms with Crippen molar-refractivity contribution in [2.75, 3.05) is 0 Å². The van der Waals surface area contributed by atoms with Gasteiger partial charge in [-0.2, -0.15) is 0 Å². The minimum Gasteiger partial charge on any atom is -0.388 e. The van der Waals surface area contributed by atoms with Crippen LogP contribution in [0.15, 0.2) is 11.6 Å². The average Bonchev–Trinajstić information content (AvgIpc) is 2.53. The fourth-order valence-corrected chi connectivity index (χ4v) is 3.22. The monoisotopic (exact) mass is 194 g/mol. The van der Waals surface area contributed by atoms with Crippen LogP contribution in [0.1, 0.15) is 47.0 Å². The molecule has 0 heterocycles. The summed E-state index contributed by atoms with van der Waals surface area (Å²) in [4.78, 5) is 0. The molecule has 1 heteroatoms. The van der Waals surface area contributed by atoms with E-state index in [0.717, 1.165) is 6.42 Å². The highest BCUT2D eigenvalue weighted by atomic mass is 16.3. The molecule has 1 atom stereocenters. The van der Waals surface area contributed by atoms with Gasteiger partial charge in [0.15, 0.2) is 0 Å². The molecule has 2 aliphatic carbocycles. The quantitative estimate of drug-likeness (QED) is 0.670. The Bertz CT molecular complexity index is 259. The molecule has 14 heavy (non-hydrogen) atoms. The lowest BCUT2D eigenvalue weighted by molar-refractivity contribution is 0.161. The van der Waals surface area contributed by atoms with Gasteiger partial charge in [-0.1, -0.05) is 33.8 Å². The molecule has 2 aliphatic rings. The number of hydrogen-bond acceptors (Lipinski definition) is 1. The number of aliphatic hydroxyl groups is 1. The first-order valence-corrected chi connectivity index (χ1v) is 5.76. The molecule has 0 aromatic rings. The third-order valence-corrected chi connectivity index (χ3v) is 4.90. The number of allylic oxidation sites excluding steroid dienone is 1. The van der Waals surface area contributed by atoms with Crippen molar-refractivity contribution < 1.29 is 5.11 Å². The van der Waals surface area contributed by atoms with Crippen molar-refractivity contribution in [3.63, 3.8) is 0 Å². The van der Waals surface area contributed by atoms with Crippen molar-refractivity contribution in [2.45, 2.75) is 53.1 Å². The normalized spacial score (nSPS) is 31.4. The minimum absolute atomic E-state index is 0.178. The molecular weight excluding hydrogens is 172 g/mol. The molecule has 0 saturated heterocycles. The lowest BCUT2D eigenvalue weighted by Crippen LogP contribution is -2.16. The Morgan fingerprint density at radius 3 is 2.21 bits per heavy atom. The summed E-state index contributed by atoms with van der Waals surface area (Å²) in [6.07, 6.45) is 5.58. The van der Waals surface area contributed by atoms with Crippen LogP contribution in [-0.2, 0) is 0 Å². The number of hydrogen-bond donors (Lipinski definition) is 1. The molecule has 80 valence electrons. The van der Waals surface area contributed by atoms with E-state index < -0.39 is 0 Å². The summed E-state index contributed by atoms with van der Waals surface area (Å²) in [5, 5.41) is 10.3. The van der Waals surface area contributed by atoms with E-state index in [2.05, 4.69) is 33.8 Å². The first kappa shape index (κ1) is 10.2. The first-order valence-electron chi connectivity index (χ1n) is 5.76. The maximum atomic E-state index is 10.3. The molecule has 0 radical (unpaired) electrons. The highest BCUT2D eigenvalue weighted by Crippen LogP contribution is 2.70. The van der Waals surface area contributed by atoms with Gasteiger partial charge in [-0.15, -0.1) is 0 Å². The molecule has 1 saturated carbocycles. The van der Waals surface area contributed by atoms with Crippen LogP contribution in [0.4, 0.5) is 0 Å². The molecular formula is C13H22O. The van der Waals surface area contributed by atoms with Gasteiger partial charge in [-0.3, -0.25) is 0 Å². The van der Waals surface area contributed by atoms with Gasteiger partial charge >= 0.3 is 0 Å². The highest BCUT2D eigenvalue weighted by Gasteiger charge is 2.67. The fraction of sp³-hybridized carbons (Fsp3) is 0.846. The van der Waals surface area contributed by atoms with Crippen molar-refractivity contribution in [2.24, 2.45) is 16.7 Å². The smallest absolute Gasteiger partial charge is 0.0788 e. The Morgan fingerprint density at radius 1 is 1.29 bits per heavy atom. The fourth-order valence-electron chi connectivity index (χ4n) is 3.22. The number of rotatable bonds is 2. The van der Waals surface area contributed by atoms with Crippen molar-refractivity contribution in [1.82, 2.24) is 0 Å². The second-order valence-electron chi connectivity index (χ2n) is 6.04. The zero-order valence-electron chi connectivity index (χ0n) is 9.80. The van der Waals surface area contributed by atoms with Gasteiger partial charge in [0, 0.05) is 0 Å². The predicted octanol–water partition coefficient (Wildman–Crippen LogP) is 3.14. The van der Waals surface area contributed by atoms with E-state index in [9.17, 15) is 5.11 Å². The van der Waals surface area contributed by atoms with E-state index in [-0.39, 0.29) is 6.10 Å². The average molecular weight is 194 g/mol. The Morgan fingerprint density at radius 2 is 1.86 bits per heavy atom. The van der Waals surface area contributed by atoms with Crippen LogP contribution in [0.2, 0.25) is 0 Å². The van der Waals surface area contributed by atoms with Gasteiger partial charge in [0.25, 0.3) is 0 Å². The van der Waals surface area contributed by atoms with Crippen molar-refractivity contribution in [3.05, 3.63) is 11.6 Å². The standard InChI is InChI=1S/C13H22O/c1-12(2)11(13(12,3)4)10(14)9-7-5-6-8-9/h7,10-11,14H,5-6,8H2,1-4H3. The zero-order valence-corrected chi connectivity index (χ0v) is 9.80. The molecule has 0 bridgehead atoms. The third-order valence-electron chi connectivity index (χ3n) is 4.90. The topological polar surface area (TPSA) is 20.2 Å². The van der Waals surface area contributed by atoms with Crippen LogP contribution >= 0.6 is 0 Å². The zero-order chi connectivity index (χ0) is 10.6. The molecule has 1 fully saturated rings. The van der Waals surface area contributed by atoms with Crippen molar-refractivity contribution >= 4 is 0 Å². The summed E-state index contributed by atoms with van der Waals surface area (Å²) < 4.78 is 0. The summed E-state index contributed by atoms with van der Waals surface area (Å²) in [6, 6.07) is 0. The van der Waals surface area contributed by atoms with E-state index in [1.54, 1.807) is 0 Å². The van der Waals surface area contributed by atoms with Crippen LogP contribution in [0.3, 0.4) is 0 Å². The van der Waals surface area contributed by atoms with Gasteiger partial charge in [-0.05, 0) is 41.6 Å². The third kappa shape index (κ3) is 1.18. The van der Waals surface area contributed by atoms with Crippen LogP contribution in [0, 0.1) is 16.7 Å². The van der Waals surface area contributed by atoms with Crippen LogP contribution in [-0.4, -0.2) is 11.2 Å². The van der Waals surface area contributed by atoms with Crippen LogP contribution < -0.4 is 0 Å². The van der Waals surface area contributed by atoms with Gasteiger partial charge < -0.3 is 5.11 Å². The molecule has 0 spiro atoms. The Labute approximate surface area is 87.2 Å². The van der Waals surface area contributed by atoms with E-state index in [4.69, 9.17) is 0 Å². The van der Waals surface area contributed by atoms with Crippen LogP contribution in [0.5, 0.6) is 0 Å². The van der Waals surface area contributed by atoms with Gasteiger partial charge in [0.2, 0.25) is 0 Å². The molecule has 1 N–H and O–H groups in total. The highest BCUT2D eigenvalue weighted by molar-refractivity contribution is 5.24. The molecule has 0 aliphatic heterocycles. The molecule has 0 amide bonds. The second-order valence-corrected chi connectivity index (χ2v) is 6.04. The maximum absolute atomic E-state index is 10.3. The lowest BCUT2D eigenvalue weighted by atomic mass is 9.99. The van der Waals surface area contributed by atoms with E-state index in [1.165, 1.54) is 18.4 Å². The first-order chi connectivity index (χ1) is 6.39. The number of aliphatic hydroxyl groups excluding tert-OH is 1. The minimum atomic E-state index is -0.178. The lowest BCUT2D eigenvalue weighted by Gasteiger charge is -2.13. The second kappa shape index (κ2) is 2.85. The predicted molar refractivity (Wildman–Crippen MR) is 59.0 cm³/mol. The van der Waals surface area contributed by atoms with Gasteiger partial charge in [-0.25, -0.2) is 0 Å². The van der Waals surface area contributed by atoms with E-state index in [1.807, 2.05) is 0 Å².